The predicted octanol–water partition coefficient (Wildman–Crippen LogP) is 1.92. The van der Waals surface area contributed by atoms with E-state index in [9.17, 15) is 8.42 Å². The van der Waals surface area contributed by atoms with Crippen molar-refractivity contribution in [3.63, 3.8) is 0 Å². The monoisotopic (exact) mass is 364 g/mol. The Balaban J connectivity index is 0.00000264. The molecule has 0 amide bonds. The molecule has 0 radical (unpaired) electrons. The lowest BCUT2D eigenvalue weighted by molar-refractivity contribution is 0.296. The van der Waals surface area contributed by atoms with E-state index in [0.29, 0.717) is 18.0 Å². The number of nitrogens with one attached hydrogen (secondary N) is 1. The van der Waals surface area contributed by atoms with E-state index in [-0.39, 0.29) is 29.3 Å². The second-order valence-electron chi connectivity index (χ2n) is 5.56. The Bertz CT molecular complexity index is 587. The van der Waals surface area contributed by atoms with Crippen LogP contribution in [0.4, 0.5) is 0 Å². The number of ether oxygens (including phenoxy) is 2. The molecule has 0 bridgehead atoms. The summed E-state index contributed by atoms with van der Waals surface area (Å²) in [5.74, 6) is 1.08. The van der Waals surface area contributed by atoms with Crippen LogP contribution < -0.4 is 19.9 Å². The standard InChI is InChI=1S/C15H24N2O4S.ClH/c1-20-12-7-13(21-2)9-14(8-12)22(18,19)17-15-6-4-3-5-11(15)10-16;/h7-9,11,15,17H,3-6,10,16H2,1-2H3;1H. The van der Waals surface area contributed by atoms with Crippen molar-refractivity contribution in [1.82, 2.24) is 4.72 Å². The quantitative estimate of drug-likeness (QED) is 0.804. The minimum atomic E-state index is -3.63. The second kappa shape index (κ2) is 8.73. The molecule has 2 unspecified atom stereocenters. The van der Waals surface area contributed by atoms with Gasteiger partial charge in [-0.15, -0.1) is 12.4 Å². The first-order chi connectivity index (χ1) is 10.5. The van der Waals surface area contributed by atoms with Crippen LogP contribution in [0.25, 0.3) is 0 Å². The molecule has 1 saturated carbocycles. The van der Waals surface area contributed by atoms with Gasteiger partial charge in [0, 0.05) is 24.2 Å². The van der Waals surface area contributed by atoms with Crippen molar-refractivity contribution >= 4 is 22.4 Å². The van der Waals surface area contributed by atoms with Gasteiger partial charge in [-0.2, -0.15) is 0 Å². The third kappa shape index (κ3) is 4.97. The van der Waals surface area contributed by atoms with Gasteiger partial charge in [0.05, 0.1) is 19.1 Å². The third-order valence-electron chi connectivity index (χ3n) is 4.15. The highest BCUT2D eigenvalue weighted by Crippen LogP contribution is 2.28. The van der Waals surface area contributed by atoms with Crippen LogP contribution in [0.2, 0.25) is 0 Å². The number of nitrogens with two attached hydrogens (primary N) is 1. The lowest BCUT2D eigenvalue weighted by atomic mass is 9.85. The number of rotatable bonds is 6. The fourth-order valence-electron chi connectivity index (χ4n) is 2.85. The lowest BCUT2D eigenvalue weighted by Crippen LogP contribution is -2.44. The summed E-state index contributed by atoms with van der Waals surface area (Å²) in [4.78, 5) is 0.144. The number of sulfonamides is 1. The van der Waals surface area contributed by atoms with Gasteiger partial charge in [0.1, 0.15) is 11.5 Å². The van der Waals surface area contributed by atoms with Crippen molar-refractivity contribution < 1.29 is 17.9 Å². The van der Waals surface area contributed by atoms with Crippen molar-refractivity contribution in [3.8, 4) is 11.5 Å². The Kier molecular flexibility index (Phi) is 7.60. The molecule has 0 saturated heterocycles. The molecular formula is C15H25ClN2O4S. The first-order valence-corrected chi connectivity index (χ1v) is 8.94. The van der Waals surface area contributed by atoms with Gasteiger partial charge >= 0.3 is 0 Å². The van der Waals surface area contributed by atoms with E-state index in [1.807, 2.05) is 0 Å². The maximum atomic E-state index is 12.6. The fourth-order valence-corrected chi connectivity index (χ4v) is 4.24. The van der Waals surface area contributed by atoms with Crippen LogP contribution in [0.5, 0.6) is 11.5 Å². The Morgan fingerprint density at radius 3 is 2.22 bits per heavy atom. The minimum Gasteiger partial charge on any atom is -0.497 e. The molecule has 0 spiro atoms. The van der Waals surface area contributed by atoms with Crippen molar-refractivity contribution in [3.05, 3.63) is 18.2 Å². The molecule has 6 nitrogen and oxygen atoms in total. The molecule has 0 heterocycles. The van der Waals surface area contributed by atoms with E-state index in [2.05, 4.69) is 4.72 Å². The normalized spacial score (nSPS) is 21.3. The molecule has 1 aromatic carbocycles. The van der Waals surface area contributed by atoms with E-state index < -0.39 is 10.0 Å². The number of methoxy groups -OCH3 is 2. The summed E-state index contributed by atoms with van der Waals surface area (Å²) in [6.07, 6.45) is 3.91. The van der Waals surface area contributed by atoms with Crippen LogP contribution in [0.3, 0.4) is 0 Å². The van der Waals surface area contributed by atoms with Crippen molar-refractivity contribution in [2.75, 3.05) is 20.8 Å². The fraction of sp³-hybridized carbons (Fsp3) is 0.600. The van der Waals surface area contributed by atoms with Crippen LogP contribution in [0, 0.1) is 5.92 Å². The molecule has 2 atom stereocenters. The predicted molar refractivity (Wildman–Crippen MR) is 91.9 cm³/mol. The van der Waals surface area contributed by atoms with Crippen LogP contribution in [0.1, 0.15) is 25.7 Å². The van der Waals surface area contributed by atoms with Gasteiger partial charge in [-0.25, -0.2) is 13.1 Å². The minimum absolute atomic E-state index is 0. The number of halogens is 1. The van der Waals surface area contributed by atoms with Gasteiger partial charge in [0.25, 0.3) is 0 Å². The van der Waals surface area contributed by atoms with Gasteiger partial charge in [0.15, 0.2) is 0 Å². The molecule has 23 heavy (non-hydrogen) atoms. The highest BCUT2D eigenvalue weighted by molar-refractivity contribution is 7.89. The van der Waals surface area contributed by atoms with Crippen LogP contribution in [0.15, 0.2) is 23.1 Å². The number of hydrogen-bond acceptors (Lipinski definition) is 5. The molecule has 0 aliphatic heterocycles. The lowest BCUT2D eigenvalue weighted by Gasteiger charge is -2.31. The topological polar surface area (TPSA) is 90.6 Å². The molecular weight excluding hydrogens is 340 g/mol. The van der Waals surface area contributed by atoms with Gasteiger partial charge in [-0.1, -0.05) is 12.8 Å². The molecule has 1 aliphatic rings. The summed E-state index contributed by atoms with van der Waals surface area (Å²) >= 11 is 0. The third-order valence-corrected chi connectivity index (χ3v) is 5.62. The molecule has 2 rings (SSSR count). The van der Waals surface area contributed by atoms with E-state index in [4.69, 9.17) is 15.2 Å². The maximum Gasteiger partial charge on any atom is 0.241 e. The average molecular weight is 365 g/mol. The van der Waals surface area contributed by atoms with Crippen LogP contribution >= 0.6 is 12.4 Å². The highest BCUT2D eigenvalue weighted by atomic mass is 35.5. The summed E-state index contributed by atoms with van der Waals surface area (Å²) in [5.41, 5.74) is 5.77. The molecule has 0 aromatic heterocycles. The molecule has 132 valence electrons. The number of hydrogen-bond donors (Lipinski definition) is 2. The number of benzene rings is 1. The zero-order valence-electron chi connectivity index (χ0n) is 13.4. The zero-order chi connectivity index (χ0) is 16.2. The van der Waals surface area contributed by atoms with E-state index in [0.717, 1.165) is 25.7 Å². The molecule has 1 aliphatic carbocycles. The molecule has 3 N–H and O–H groups in total. The van der Waals surface area contributed by atoms with Gasteiger partial charge in [-0.3, -0.25) is 0 Å². The average Bonchev–Trinajstić information content (AvgIpc) is 2.54. The van der Waals surface area contributed by atoms with Crippen molar-refractivity contribution in [2.45, 2.75) is 36.6 Å². The Morgan fingerprint density at radius 2 is 1.70 bits per heavy atom. The summed E-state index contributed by atoms with van der Waals surface area (Å²) in [7, 11) is -0.653. The van der Waals surface area contributed by atoms with E-state index in [1.165, 1.54) is 26.4 Å². The van der Waals surface area contributed by atoms with Crippen LogP contribution in [-0.4, -0.2) is 35.2 Å². The first-order valence-electron chi connectivity index (χ1n) is 7.45. The van der Waals surface area contributed by atoms with E-state index in [1.54, 1.807) is 6.07 Å². The van der Waals surface area contributed by atoms with Crippen molar-refractivity contribution in [2.24, 2.45) is 11.7 Å². The Morgan fingerprint density at radius 1 is 1.13 bits per heavy atom. The maximum absolute atomic E-state index is 12.6. The Hall–Kier alpha value is -1.02. The highest BCUT2D eigenvalue weighted by Gasteiger charge is 2.29. The van der Waals surface area contributed by atoms with Crippen molar-refractivity contribution in [1.29, 1.82) is 0 Å². The SMILES string of the molecule is COc1cc(OC)cc(S(=O)(=O)NC2CCCCC2CN)c1.Cl. The van der Waals surface area contributed by atoms with Crippen LogP contribution in [-0.2, 0) is 10.0 Å². The first kappa shape index (κ1) is 20.0. The van der Waals surface area contributed by atoms with Gasteiger partial charge in [-0.05, 0) is 25.3 Å². The smallest absolute Gasteiger partial charge is 0.241 e. The van der Waals surface area contributed by atoms with Gasteiger partial charge < -0.3 is 15.2 Å². The summed E-state index contributed by atoms with van der Waals surface area (Å²) in [5, 5.41) is 0. The van der Waals surface area contributed by atoms with E-state index >= 15 is 0 Å². The summed E-state index contributed by atoms with van der Waals surface area (Å²) in [6, 6.07) is 4.51. The second-order valence-corrected chi connectivity index (χ2v) is 7.27. The largest absolute Gasteiger partial charge is 0.497 e. The summed E-state index contributed by atoms with van der Waals surface area (Å²) in [6.45, 7) is 0.495. The molecule has 1 aromatic rings. The Labute approximate surface area is 144 Å². The van der Waals surface area contributed by atoms with Gasteiger partial charge in [0.2, 0.25) is 10.0 Å². The molecule has 8 heteroatoms. The zero-order valence-corrected chi connectivity index (χ0v) is 15.1. The summed E-state index contributed by atoms with van der Waals surface area (Å²) < 4.78 is 38.3. The molecule has 1 fully saturated rings.